The quantitative estimate of drug-likeness (QED) is 0.429. The van der Waals surface area contributed by atoms with Crippen LogP contribution in [0.15, 0.2) is 12.4 Å². The number of H-pyrrole nitrogens is 1. The highest BCUT2D eigenvalue weighted by Crippen LogP contribution is 2.21. The number of aliphatic hydroxyl groups is 1. The lowest BCUT2D eigenvalue weighted by atomic mass is 9.96. The maximum Gasteiger partial charge on any atom is 0.290 e. The van der Waals surface area contributed by atoms with Gasteiger partial charge < -0.3 is 25.2 Å². The van der Waals surface area contributed by atoms with Crippen molar-refractivity contribution in [3.05, 3.63) is 18.1 Å². The minimum Gasteiger partial charge on any atom is -0.483 e. The van der Waals surface area contributed by atoms with Crippen molar-refractivity contribution in [3.63, 3.8) is 0 Å². The van der Waals surface area contributed by atoms with Gasteiger partial charge in [-0.1, -0.05) is 6.92 Å². The maximum absolute atomic E-state index is 12.6. The number of amides is 1. The number of piperidine rings is 1. The summed E-state index contributed by atoms with van der Waals surface area (Å²) in [4.78, 5) is 23.3. The van der Waals surface area contributed by atoms with Crippen molar-refractivity contribution in [2.24, 2.45) is 5.92 Å². The monoisotopic (exact) mass is 436 g/mol. The summed E-state index contributed by atoms with van der Waals surface area (Å²) in [7, 11) is 0. The molecule has 2 aliphatic rings. The van der Waals surface area contributed by atoms with Crippen molar-refractivity contribution in [3.8, 4) is 5.82 Å². The largest absolute Gasteiger partial charge is 0.483 e. The second-order valence-electron chi connectivity index (χ2n) is 7.75. The first-order valence-corrected chi connectivity index (χ1v) is 10.2. The van der Waals surface area contributed by atoms with E-state index in [0.29, 0.717) is 25.4 Å². The average molecular weight is 436 g/mol. The lowest BCUT2D eigenvalue weighted by molar-refractivity contribution is -0.122. The lowest BCUT2D eigenvalue weighted by Gasteiger charge is -2.39. The fraction of sp³-hybridized carbons (Fsp3) is 0.667. The zero-order chi connectivity index (χ0) is 22.2. The molecule has 2 fully saturated rings. The first-order chi connectivity index (χ1) is 15.0. The van der Waals surface area contributed by atoms with Crippen molar-refractivity contribution in [2.75, 3.05) is 26.2 Å². The van der Waals surface area contributed by atoms with E-state index in [1.807, 2.05) is 0 Å². The fourth-order valence-corrected chi connectivity index (χ4v) is 3.75. The van der Waals surface area contributed by atoms with Crippen LogP contribution in [-0.2, 0) is 9.53 Å². The topological polar surface area (TPSA) is 171 Å². The van der Waals surface area contributed by atoms with Crippen LogP contribution in [0.4, 0.5) is 0 Å². The van der Waals surface area contributed by atoms with Gasteiger partial charge in [0.05, 0.1) is 12.1 Å². The molecule has 0 spiro atoms. The van der Waals surface area contributed by atoms with Crippen LogP contribution in [-0.4, -0.2) is 102 Å². The molecule has 4 N–H and O–H groups in total. The van der Waals surface area contributed by atoms with Gasteiger partial charge in [-0.05, 0) is 48.7 Å². The summed E-state index contributed by atoms with van der Waals surface area (Å²) in [5.74, 6) is 0.844. The van der Waals surface area contributed by atoms with Crippen molar-refractivity contribution in [2.45, 2.75) is 44.4 Å². The molecule has 4 heterocycles. The molecular weight excluding hydrogens is 408 g/mol. The third-order valence-electron chi connectivity index (χ3n) is 5.58. The van der Waals surface area contributed by atoms with Gasteiger partial charge in [0.15, 0.2) is 5.82 Å². The van der Waals surface area contributed by atoms with Gasteiger partial charge in [0.25, 0.3) is 12.4 Å². The number of hydrogen-bond acceptors (Lipinski definition) is 9. The number of carboxylic acid groups (broad SMARTS) is 1. The molecular formula is C18H28N8O5. The van der Waals surface area contributed by atoms with Gasteiger partial charge in [0.1, 0.15) is 18.1 Å². The molecule has 13 heteroatoms. The number of nitrogens with one attached hydrogen (secondary N) is 2. The highest BCUT2D eigenvalue weighted by atomic mass is 16.5. The molecule has 0 aromatic carbocycles. The SMILES string of the molecule is CC1CCN(C[C@H]2OCC[C@H](NC(=O)c3cc(-n4cnnn4)n[nH]3)[C@@H]2O)CC1.O=CO. The number of carbonyl (C=O) groups is 2. The Bertz CT molecular complexity index is 821. The first kappa shape index (κ1) is 22.8. The Morgan fingerprint density at radius 3 is 2.81 bits per heavy atom. The maximum atomic E-state index is 12.6. The summed E-state index contributed by atoms with van der Waals surface area (Å²) in [5.41, 5.74) is 0.283. The number of ether oxygens (including phenoxy) is 1. The Morgan fingerprint density at radius 1 is 1.39 bits per heavy atom. The molecule has 4 rings (SSSR count). The molecule has 2 aromatic heterocycles. The normalized spacial score (nSPS) is 24.8. The van der Waals surface area contributed by atoms with E-state index >= 15 is 0 Å². The summed E-state index contributed by atoms with van der Waals surface area (Å²) >= 11 is 0. The number of likely N-dealkylation sites (tertiary alicyclic amines) is 1. The third-order valence-corrected chi connectivity index (χ3v) is 5.58. The van der Waals surface area contributed by atoms with Crippen molar-refractivity contribution in [1.82, 2.24) is 40.6 Å². The highest BCUT2D eigenvalue weighted by Gasteiger charge is 2.35. The van der Waals surface area contributed by atoms with Crippen LogP contribution in [0.3, 0.4) is 0 Å². The van der Waals surface area contributed by atoms with Gasteiger partial charge >= 0.3 is 0 Å². The van der Waals surface area contributed by atoms with Crippen LogP contribution in [0.1, 0.15) is 36.7 Å². The first-order valence-electron chi connectivity index (χ1n) is 10.2. The molecule has 0 unspecified atom stereocenters. The van der Waals surface area contributed by atoms with Gasteiger partial charge in [-0.3, -0.25) is 14.7 Å². The Kier molecular flexibility index (Phi) is 8.03. The van der Waals surface area contributed by atoms with Gasteiger partial charge in [0.2, 0.25) is 0 Å². The second kappa shape index (κ2) is 10.9. The zero-order valence-electron chi connectivity index (χ0n) is 17.3. The van der Waals surface area contributed by atoms with E-state index in [-0.39, 0.29) is 30.2 Å². The smallest absolute Gasteiger partial charge is 0.290 e. The number of nitrogens with zero attached hydrogens (tertiary/aromatic N) is 6. The van der Waals surface area contributed by atoms with Crippen LogP contribution < -0.4 is 5.32 Å². The summed E-state index contributed by atoms with van der Waals surface area (Å²) in [6.07, 6.45) is 3.25. The highest BCUT2D eigenvalue weighted by molar-refractivity contribution is 5.92. The van der Waals surface area contributed by atoms with Crippen LogP contribution in [0.25, 0.3) is 5.82 Å². The number of aromatic nitrogens is 6. The zero-order valence-corrected chi connectivity index (χ0v) is 17.3. The minimum atomic E-state index is -0.751. The number of hydrogen-bond donors (Lipinski definition) is 4. The standard InChI is InChI=1S/C17H26N8O3.CH2O2/c1-11-2-5-24(6-3-11)9-14-16(26)12(4-7-28-14)19-17(27)13-8-15(21-20-13)25-10-18-22-23-25;2-1-3/h8,10-12,14,16,26H,2-7,9H2,1H3,(H,19,27)(H,20,21);1H,(H,2,3)/t12-,14+,16-;/m0./s1. The molecule has 2 aliphatic heterocycles. The molecule has 3 atom stereocenters. The summed E-state index contributed by atoms with van der Waals surface area (Å²) in [6, 6.07) is 1.19. The fourth-order valence-electron chi connectivity index (χ4n) is 3.75. The number of aliphatic hydroxyl groups excluding tert-OH is 1. The van der Waals surface area contributed by atoms with Crippen LogP contribution in [0, 0.1) is 5.92 Å². The number of rotatable bonds is 5. The van der Waals surface area contributed by atoms with E-state index in [0.717, 1.165) is 19.0 Å². The molecule has 0 aliphatic carbocycles. The Labute approximate surface area is 178 Å². The molecule has 13 nitrogen and oxygen atoms in total. The molecule has 1 amide bonds. The van der Waals surface area contributed by atoms with E-state index in [1.54, 1.807) is 6.07 Å². The second-order valence-corrected chi connectivity index (χ2v) is 7.75. The minimum absolute atomic E-state index is 0.250. The van der Waals surface area contributed by atoms with E-state index in [1.165, 1.54) is 23.9 Å². The number of tetrazole rings is 1. The van der Waals surface area contributed by atoms with Crippen LogP contribution in [0.5, 0.6) is 0 Å². The summed E-state index contributed by atoms with van der Waals surface area (Å²) in [5, 5.41) is 38.1. The number of carbonyl (C=O) groups excluding carboxylic acids is 1. The summed E-state index contributed by atoms with van der Waals surface area (Å²) < 4.78 is 7.16. The third kappa shape index (κ3) is 6.06. The molecule has 170 valence electrons. The Hall–Kier alpha value is -2.90. The van der Waals surface area contributed by atoms with Gasteiger partial charge in [-0.15, -0.1) is 5.10 Å². The Balaban J connectivity index is 0.000000858. The average Bonchev–Trinajstić information content (AvgIpc) is 3.45. The van der Waals surface area contributed by atoms with E-state index in [4.69, 9.17) is 14.6 Å². The Morgan fingerprint density at radius 2 is 2.13 bits per heavy atom. The predicted octanol–water partition coefficient (Wildman–Crippen LogP) is -0.934. The number of aromatic amines is 1. The molecule has 31 heavy (non-hydrogen) atoms. The van der Waals surface area contributed by atoms with Crippen molar-refractivity contribution in [1.29, 1.82) is 0 Å². The van der Waals surface area contributed by atoms with E-state index < -0.39 is 6.10 Å². The van der Waals surface area contributed by atoms with Gasteiger partial charge in [0, 0.05) is 19.2 Å². The molecule has 2 aromatic rings. The van der Waals surface area contributed by atoms with Crippen LogP contribution >= 0.6 is 0 Å². The lowest BCUT2D eigenvalue weighted by Crippen LogP contribution is -2.56. The van der Waals surface area contributed by atoms with Crippen LogP contribution in [0.2, 0.25) is 0 Å². The van der Waals surface area contributed by atoms with Crippen molar-refractivity contribution >= 4 is 12.4 Å². The van der Waals surface area contributed by atoms with Crippen molar-refractivity contribution < 1.29 is 24.5 Å². The van der Waals surface area contributed by atoms with E-state index in [2.05, 4.69) is 42.9 Å². The summed E-state index contributed by atoms with van der Waals surface area (Å²) in [6.45, 7) is 5.27. The predicted molar refractivity (Wildman–Crippen MR) is 106 cm³/mol. The molecule has 0 saturated carbocycles. The molecule has 0 bridgehead atoms. The van der Waals surface area contributed by atoms with Gasteiger partial charge in [-0.2, -0.15) is 9.78 Å². The van der Waals surface area contributed by atoms with Gasteiger partial charge in [-0.25, -0.2) is 0 Å². The van der Waals surface area contributed by atoms with E-state index in [9.17, 15) is 9.90 Å². The molecule has 2 saturated heterocycles. The molecule has 0 radical (unpaired) electrons.